The lowest BCUT2D eigenvalue weighted by Gasteiger charge is -2.09. The van der Waals surface area contributed by atoms with E-state index in [1.165, 1.54) is 36.4 Å². The largest absolute Gasteiger partial charge is 0.481 e. The van der Waals surface area contributed by atoms with Crippen molar-refractivity contribution in [2.75, 3.05) is 13.2 Å². The number of carbonyl (C=O) groups is 3. The Labute approximate surface area is 159 Å². The van der Waals surface area contributed by atoms with E-state index in [0.29, 0.717) is 10.6 Å². The number of nitriles is 1. The van der Waals surface area contributed by atoms with Crippen LogP contribution in [0.2, 0.25) is 5.02 Å². The van der Waals surface area contributed by atoms with Gasteiger partial charge in [-0.1, -0.05) is 23.7 Å². The number of para-hydroxylation sites is 1. The molecule has 0 fully saturated rings. The van der Waals surface area contributed by atoms with Crippen LogP contribution in [0.15, 0.2) is 48.5 Å². The summed E-state index contributed by atoms with van der Waals surface area (Å²) in [5, 5.41) is 9.39. The smallest absolute Gasteiger partial charge is 0.344 e. The standard InChI is InChI=1S/C18H14ClN3O5/c19-14-7-5-12(6-8-14)18(25)22-21-16(23)10-27-17(24)11-26-15-4-2-1-3-13(15)9-20/h1-8H,10-11H2,(H,21,23)(H,22,25). The molecule has 0 heterocycles. The summed E-state index contributed by atoms with van der Waals surface area (Å²) in [5.74, 6) is -1.86. The van der Waals surface area contributed by atoms with Crippen LogP contribution in [-0.4, -0.2) is 31.0 Å². The molecule has 0 aliphatic rings. The van der Waals surface area contributed by atoms with Gasteiger partial charge in [0.05, 0.1) is 5.56 Å². The quantitative estimate of drug-likeness (QED) is 0.574. The molecule has 0 radical (unpaired) electrons. The summed E-state index contributed by atoms with van der Waals surface area (Å²) in [6.45, 7) is -1.08. The SMILES string of the molecule is N#Cc1ccccc1OCC(=O)OCC(=O)NNC(=O)c1ccc(Cl)cc1. The Kier molecular flexibility index (Phi) is 7.16. The molecule has 0 aliphatic heterocycles. The van der Waals surface area contributed by atoms with Crippen molar-refractivity contribution in [3.63, 3.8) is 0 Å². The van der Waals surface area contributed by atoms with Crippen LogP contribution in [0.4, 0.5) is 0 Å². The summed E-state index contributed by atoms with van der Waals surface area (Å²) in [4.78, 5) is 35.0. The average Bonchev–Trinajstić information content (AvgIpc) is 2.69. The zero-order valence-corrected chi connectivity index (χ0v) is 14.7. The molecule has 0 saturated carbocycles. The van der Waals surface area contributed by atoms with Crippen molar-refractivity contribution in [1.82, 2.24) is 10.9 Å². The Hall–Kier alpha value is -3.57. The summed E-state index contributed by atoms with van der Waals surface area (Å²) >= 11 is 5.72. The van der Waals surface area contributed by atoms with Gasteiger partial charge in [-0.05, 0) is 36.4 Å². The molecule has 0 aliphatic carbocycles. The number of nitrogens with one attached hydrogen (secondary N) is 2. The van der Waals surface area contributed by atoms with Gasteiger partial charge < -0.3 is 9.47 Å². The molecular weight excluding hydrogens is 374 g/mol. The summed E-state index contributed by atoms with van der Waals surface area (Å²) in [7, 11) is 0. The van der Waals surface area contributed by atoms with Crippen LogP contribution < -0.4 is 15.6 Å². The maximum Gasteiger partial charge on any atom is 0.344 e. The van der Waals surface area contributed by atoms with E-state index in [1.807, 2.05) is 6.07 Å². The van der Waals surface area contributed by atoms with Crippen molar-refractivity contribution >= 4 is 29.4 Å². The Bertz CT molecular complexity index is 877. The Balaban J connectivity index is 1.70. The minimum absolute atomic E-state index is 0.233. The number of halogens is 1. The van der Waals surface area contributed by atoms with Gasteiger partial charge in [-0.2, -0.15) is 5.26 Å². The van der Waals surface area contributed by atoms with Crippen LogP contribution in [0.25, 0.3) is 0 Å². The number of nitrogens with zero attached hydrogens (tertiary/aromatic N) is 1. The van der Waals surface area contributed by atoms with Gasteiger partial charge in [0.15, 0.2) is 13.2 Å². The molecule has 138 valence electrons. The molecule has 2 aromatic rings. The highest BCUT2D eigenvalue weighted by Gasteiger charge is 2.11. The monoisotopic (exact) mass is 387 g/mol. The molecule has 27 heavy (non-hydrogen) atoms. The van der Waals surface area contributed by atoms with Gasteiger partial charge in [-0.15, -0.1) is 0 Å². The molecule has 0 unspecified atom stereocenters. The Morgan fingerprint density at radius 2 is 1.70 bits per heavy atom. The number of hydrazine groups is 1. The predicted molar refractivity (Wildman–Crippen MR) is 94.7 cm³/mol. The highest BCUT2D eigenvalue weighted by Crippen LogP contribution is 2.16. The Morgan fingerprint density at radius 3 is 2.41 bits per heavy atom. The van der Waals surface area contributed by atoms with Crippen LogP contribution >= 0.6 is 11.6 Å². The number of amides is 2. The van der Waals surface area contributed by atoms with Crippen LogP contribution in [-0.2, 0) is 14.3 Å². The molecule has 2 amide bonds. The molecule has 0 aromatic heterocycles. The zero-order chi connectivity index (χ0) is 19.6. The molecule has 2 aromatic carbocycles. The molecule has 8 nitrogen and oxygen atoms in total. The van der Waals surface area contributed by atoms with Crippen LogP contribution in [0.3, 0.4) is 0 Å². The Morgan fingerprint density at radius 1 is 1.00 bits per heavy atom. The molecule has 9 heteroatoms. The number of ether oxygens (including phenoxy) is 2. The van der Waals surface area contributed by atoms with Crippen molar-refractivity contribution in [3.05, 3.63) is 64.7 Å². The normalized spacial score (nSPS) is 9.63. The van der Waals surface area contributed by atoms with Crippen molar-refractivity contribution < 1.29 is 23.9 Å². The first-order chi connectivity index (χ1) is 13.0. The number of rotatable bonds is 6. The lowest BCUT2D eigenvalue weighted by molar-refractivity contribution is -0.150. The van der Waals surface area contributed by atoms with E-state index >= 15 is 0 Å². The third kappa shape index (κ3) is 6.34. The third-order valence-corrected chi connectivity index (χ3v) is 3.39. The van der Waals surface area contributed by atoms with Crippen LogP contribution in [0, 0.1) is 11.3 Å². The van der Waals surface area contributed by atoms with Gasteiger partial charge >= 0.3 is 5.97 Å². The minimum Gasteiger partial charge on any atom is -0.481 e. The first-order valence-electron chi connectivity index (χ1n) is 7.62. The van der Waals surface area contributed by atoms with E-state index in [0.717, 1.165) is 0 Å². The van der Waals surface area contributed by atoms with Crippen molar-refractivity contribution in [2.24, 2.45) is 0 Å². The molecule has 2 rings (SSSR count). The van der Waals surface area contributed by atoms with Gasteiger partial charge in [0.2, 0.25) is 0 Å². The van der Waals surface area contributed by atoms with Crippen LogP contribution in [0.1, 0.15) is 15.9 Å². The van der Waals surface area contributed by atoms with Crippen molar-refractivity contribution in [2.45, 2.75) is 0 Å². The first kappa shape index (κ1) is 19.8. The molecule has 0 saturated heterocycles. The molecule has 0 bridgehead atoms. The van der Waals surface area contributed by atoms with E-state index in [2.05, 4.69) is 10.9 Å². The van der Waals surface area contributed by atoms with Gasteiger partial charge in [-0.3, -0.25) is 20.4 Å². The predicted octanol–water partition coefficient (Wildman–Crippen LogP) is 1.59. The summed E-state index contributed by atoms with van der Waals surface area (Å²) in [5.41, 5.74) is 4.85. The second-order valence-electron chi connectivity index (χ2n) is 5.07. The summed E-state index contributed by atoms with van der Waals surface area (Å²) < 4.78 is 9.90. The lowest BCUT2D eigenvalue weighted by Crippen LogP contribution is -2.43. The highest BCUT2D eigenvalue weighted by molar-refractivity contribution is 6.30. The highest BCUT2D eigenvalue weighted by atomic mass is 35.5. The minimum atomic E-state index is -0.804. The van der Waals surface area contributed by atoms with Crippen LogP contribution in [0.5, 0.6) is 5.75 Å². The first-order valence-corrected chi connectivity index (χ1v) is 7.99. The van der Waals surface area contributed by atoms with E-state index in [4.69, 9.17) is 26.3 Å². The van der Waals surface area contributed by atoms with E-state index in [9.17, 15) is 14.4 Å². The summed E-state index contributed by atoms with van der Waals surface area (Å²) in [6.07, 6.45) is 0. The molecule has 2 N–H and O–H groups in total. The topological polar surface area (TPSA) is 118 Å². The number of hydrogen-bond donors (Lipinski definition) is 2. The van der Waals surface area contributed by atoms with Gasteiger partial charge in [0, 0.05) is 10.6 Å². The number of hydrogen-bond acceptors (Lipinski definition) is 6. The molecular formula is C18H14ClN3O5. The number of benzene rings is 2. The lowest BCUT2D eigenvalue weighted by atomic mass is 10.2. The maximum atomic E-state index is 11.8. The second kappa shape index (κ2) is 9.79. The molecule has 0 spiro atoms. The maximum absolute atomic E-state index is 11.8. The van der Waals surface area contributed by atoms with Gasteiger partial charge in [0.25, 0.3) is 11.8 Å². The second-order valence-corrected chi connectivity index (χ2v) is 5.50. The fourth-order valence-electron chi connectivity index (χ4n) is 1.85. The van der Waals surface area contributed by atoms with E-state index in [1.54, 1.807) is 12.1 Å². The molecule has 0 atom stereocenters. The third-order valence-electron chi connectivity index (χ3n) is 3.14. The van der Waals surface area contributed by atoms with E-state index in [-0.39, 0.29) is 11.3 Å². The summed E-state index contributed by atoms with van der Waals surface area (Å²) in [6, 6.07) is 14.3. The van der Waals surface area contributed by atoms with E-state index < -0.39 is 31.0 Å². The van der Waals surface area contributed by atoms with Crippen molar-refractivity contribution in [1.29, 1.82) is 5.26 Å². The van der Waals surface area contributed by atoms with Gasteiger partial charge in [-0.25, -0.2) is 4.79 Å². The van der Waals surface area contributed by atoms with Gasteiger partial charge in [0.1, 0.15) is 11.8 Å². The number of carbonyl (C=O) groups excluding carboxylic acids is 3. The zero-order valence-electron chi connectivity index (χ0n) is 13.9. The number of esters is 1. The van der Waals surface area contributed by atoms with Crippen molar-refractivity contribution in [3.8, 4) is 11.8 Å². The average molecular weight is 388 g/mol. The fraction of sp³-hybridized carbons (Fsp3) is 0.111. The fourth-order valence-corrected chi connectivity index (χ4v) is 1.97.